The minimum Gasteiger partial charge on any atom is -0.484 e. The summed E-state index contributed by atoms with van der Waals surface area (Å²) in [5.74, 6) is 1.14. The highest BCUT2D eigenvalue weighted by Crippen LogP contribution is 2.24. The van der Waals surface area contributed by atoms with E-state index in [1.54, 1.807) is 17.0 Å². The summed E-state index contributed by atoms with van der Waals surface area (Å²) in [6.07, 6.45) is 0. The Morgan fingerprint density at radius 2 is 1.76 bits per heavy atom. The summed E-state index contributed by atoms with van der Waals surface area (Å²) in [7, 11) is 0. The van der Waals surface area contributed by atoms with Crippen LogP contribution in [0.1, 0.15) is 30.9 Å². The summed E-state index contributed by atoms with van der Waals surface area (Å²) < 4.78 is 5.72. The third-order valence-electron chi connectivity index (χ3n) is 5.28. The Morgan fingerprint density at radius 1 is 1.10 bits per heavy atom. The highest BCUT2D eigenvalue weighted by Gasteiger charge is 2.22. The second-order valence-corrected chi connectivity index (χ2v) is 7.60. The fourth-order valence-corrected chi connectivity index (χ4v) is 3.62. The number of rotatable bonds is 6. The van der Waals surface area contributed by atoms with Gasteiger partial charge in [-0.15, -0.1) is 0 Å². The lowest BCUT2D eigenvalue weighted by Gasteiger charge is -2.36. The number of nitrogens with zero attached hydrogens (tertiary/aromatic N) is 3. The molecule has 7 nitrogen and oxygen atoms in total. The van der Waals surface area contributed by atoms with Crippen LogP contribution in [0.5, 0.6) is 5.75 Å². The van der Waals surface area contributed by atoms with Gasteiger partial charge in [-0.1, -0.05) is 19.9 Å². The standard InChI is InChI=1S/C22H27N3O4/c1-16(2)21-9-8-20(14-17(21)3)29-15-22(26)24-12-10-23(11-13-24)18-4-6-19(7-5-18)25(27)28/h4-9,14,16H,10-13,15H2,1-3H3. The van der Waals surface area contributed by atoms with E-state index in [0.717, 1.165) is 5.69 Å². The van der Waals surface area contributed by atoms with Gasteiger partial charge in [0.15, 0.2) is 6.61 Å². The smallest absolute Gasteiger partial charge is 0.269 e. The van der Waals surface area contributed by atoms with E-state index in [-0.39, 0.29) is 18.2 Å². The van der Waals surface area contributed by atoms with Crippen molar-refractivity contribution >= 4 is 17.3 Å². The van der Waals surface area contributed by atoms with E-state index in [4.69, 9.17) is 4.74 Å². The van der Waals surface area contributed by atoms with Gasteiger partial charge >= 0.3 is 0 Å². The zero-order chi connectivity index (χ0) is 21.0. The topological polar surface area (TPSA) is 75.9 Å². The molecule has 3 rings (SSSR count). The molecule has 2 aromatic carbocycles. The van der Waals surface area contributed by atoms with Gasteiger partial charge in [0.25, 0.3) is 11.6 Å². The number of ether oxygens (including phenoxy) is 1. The van der Waals surface area contributed by atoms with E-state index >= 15 is 0 Å². The van der Waals surface area contributed by atoms with Crippen LogP contribution in [0.3, 0.4) is 0 Å². The van der Waals surface area contributed by atoms with E-state index in [1.165, 1.54) is 23.3 Å². The molecule has 1 aliphatic rings. The molecule has 0 spiro atoms. The Morgan fingerprint density at radius 3 is 2.31 bits per heavy atom. The first-order valence-electron chi connectivity index (χ1n) is 9.85. The number of non-ortho nitro benzene ring substituents is 1. The molecule has 0 unspecified atom stereocenters. The zero-order valence-corrected chi connectivity index (χ0v) is 17.1. The summed E-state index contributed by atoms with van der Waals surface area (Å²) >= 11 is 0. The zero-order valence-electron chi connectivity index (χ0n) is 17.1. The number of anilines is 1. The van der Waals surface area contributed by atoms with Crippen LogP contribution < -0.4 is 9.64 Å². The maximum Gasteiger partial charge on any atom is 0.269 e. The van der Waals surface area contributed by atoms with Gasteiger partial charge < -0.3 is 14.5 Å². The number of hydrogen-bond donors (Lipinski definition) is 0. The van der Waals surface area contributed by atoms with Crippen LogP contribution >= 0.6 is 0 Å². The molecule has 1 heterocycles. The van der Waals surface area contributed by atoms with Crippen LogP contribution in [0.2, 0.25) is 0 Å². The fourth-order valence-electron chi connectivity index (χ4n) is 3.62. The summed E-state index contributed by atoms with van der Waals surface area (Å²) in [5.41, 5.74) is 3.46. The minimum atomic E-state index is -0.405. The summed E-state index contributed by atoms with van der Waals surface area (Å²) in [4.78, 5) is 26.8. The van der Waals surface area contributed by atoms with Gasteiger partial charge in [0, 0.05) is 44.0 Å². The monoisotopic (exact) mass is 397 g/mol. The number of nitro benzene ring substituents is 1. The van der Waals surface area contributed by atoms with Crippen molar-refractivity contribution in [2.24, 2.45) is 0 Å². The predicted molar refractivity (Wildman–Crippen MR) is 113 cm³/mol. The molecular weight excluding hydrogens is 370 g/mol. The third-order valence-corrected chi connectivity index (χ3v) is 5.28. The Balaban J connectivity index is 1.50. The van der Waals surface area contributed by atoms with E-state index in [9.17, 15) is 14.9 Å². The number of amides is 1. The van der Waals surface area contributed by atoms with Gasteiger partial charge in [-0.25, -0.2) is 0 Å². The lowest BCUT2D eigenvalue weighted by atomic mass is 9.98. The largest absolute Gasteiger partial charge is 0.484 e. The average Bonchev–Trinajstić information content (AvgIpc) is 2.72. The highest BCUT2D eigenvalue weighted by molar-refractivity contribution is 5.78. The Bertz CT molecular complexity index is 872. The van der Waals surface area contributed by atoms with Gasteiger partial charge in [-0.3, -0.25) is 14.9 Å². The van der Waals surface area contributed by atoms with Crippen molar-refractivity contribution in [2.75, 3.05) is 37.7 Å². The fraction of sp³-hybridized carbons (Fsp3) is 0.409. The number of benzene rings is 2. The normalized spacial score (nSPS) is 14.2. The molecule has 7 heteroatoms. The number of piperazine rings is 1. The van der Waals surface area contributed by atoms with Gasteiger partial charge in [0.2, 0.25) is 0 Å². The van der Waals surface area contributed by atoms with Crippen LogP contribution in [0.15, 0.2) is 42.5 Å². The Hall–Kier alpha value is -3.09. The Labute approximate surface area is 171 Å². The molecule has 0 saturated carbocycles. The van der Waals surface area contributed by atoms with Crippen molar-refractivity contribution < 1.29 is 14.5 Å². The first-order valence-corrected chi connectivity index (χ1v) is 9.85. The van der Waals surface area contributed by atoms with Crippen LogP contribution in [-0.4, -0.2) is 48.5 Å². The molecule has 1 aliphatic heterocycles. The molecule has 1 fully saturated rings. The van der Waals surface area contributed by atoms with Crippen LogP contribution in [-0.2, 0) is 4.79 Å². The highest BCUT2D eigenvalue weighted by atomic mass is 16.6. The van der Waals surface area contributed by atoms with E-state index in [2.05, 4.69) is 31.7 Å². The van der Waals surface area contributed by atoms with Gasteiger partial charge in [0.05, 0.1) is 4.92 Å². The van der Waals surface area contributed by atoms with Crippen molar-refractivity contribution in [3.8, 4) is 5.75 Å². The Kier molecular flexibility index (Phi) is 6.36. The molecule has 0 aliphatic carbocycles. The molecule has 0 aromatic heterocycles. The molecule has 0 N–H and O–H groups in total. The van der Waals surface area contributed by atoms with Crippen molar-refractivity contribution in [2.45, 2.75) is 26.7 Å². The third kappa shape index (κ3) is 5.04. The SMILES string of the molecule is Cc1cc(OCC(=O)N2CCN(c3ccc([N+](=O)[O-])cc3)CC2)ccc1C(C)C. The van der Waals surface area contributed by atoms with Gasteiger partial charge in [-0.05, 0) is 48.2 Å². The molecule has 2 aromatic rings. The molecule has 1 amide bonds. The van der Waals surface area contributed by atoms with Gasteiger partial charge in [-0.2, -0.15) is 0 Å². The van der Waals surface area contributed by atoms with E-state index in [0.29, 0.717) is 37.8 Å². The van der Waals surface area contributed by atoms with Crippen LogP contribution in [0.4, 0.5) is 11.4 Å². The van der Waals surface area contributed by atoms with Crippen molar-refractivity contribution in [1.82, 2.24) is 4.90 Å². The van der Waals surface area contributed by atoms with Crippen molar-refractivity contribution in [3.63, 3.8) is 0 Å². The molecule has 0 atom stereocenters. The summed E-state index contributed by atoms with van der Waals surface area (Å²) in [6.45, 7) is 8.97. The lowest BCUT2D eigenvalue weighted by molar-refractivity contribution is -0.384. The number of carbonyl (C=O) groups excluding carboxylic acids is 1. The molecule has 154 valence electrons. The average molecular weight is 397 g/mol. The quantitative estimate of drug-likeness (QED) is 0.548. The lowest BCUT2D eigenvalue weighted by Crippen LogP contribution is -2.50. The molecule has 29 heavy (non-hydrogen) atoms. The van der Waals surface area contributed by atoms with Gasteiger partial charge in [0.1, 0.15) is 5.75 Å². The van der Waals surface area contributed by atoms with Crippen molar-refractivity contribution in [3.05, 3.63) is 63.7 Å². The number of carbonyl (C=O) groups is 1. The van der Waals surface area contributed by atoms with E-state index in [1.807, 2.05) is 12.1 Å². The van der Waals surface area contributed by atoms with Crippen molar-refractivity contribution in [1.29, 1.82) is 0 Å². The first kappa shape index (κ1) is 20.6. The predicted octanol–water partition coefficient (Wildman–Crippen LogP) is 3.75. The number of aryl methyl sites for hydroxylation is 1. The molecule has 0 radical (unpaired) electrons. The summed E-state index contributed by atoms with van der Waals surface area (Å²) in [6, 6.07) is 12.5. The number of nitro groups is 1. The molecule has 1 saturated heterocycles. The maximum absolute atomic E-state index is 12.5. The minimum absolute atomic E-state index is 0.0258. The van der Waals surface area contributed by atoms with Crippen LogP contribution in [0, 0.1) is 17.0 Å². The second kappa shape index (κ2) is 8.94. The molecule has 0 bridgehead atoms. The van der Waals surface area contributed by atoms with E-state index < -0.39 is 4.92 Å². The summed E-state index contributed by atoms with van der Waals surface area (Å²) in [5, 5.41) is 10.8. The number of hydrogen-bond acceptors (Lipinski definition) is 5. The molecular formula is C22H27N3O4. The maximum atomic E-state index is 12.5. The van der Waals surface area contributed by atoms with Crippen LogP contribution in [0.25, 0.3) is 0 Å². The first-order chi connectivity index (χ1) is 13.8. The second-order valence-electron chi connectivity index (χ2n) is 7.60.